The number of halogens is 4. The summed E-state index contributed by atoms with van der Waals surface area (Å²) >= 11 is 9.86. The van der Waals surface area contributed by atoms with Crippen LogP contribution in [-0.4, -0.2) is 215 Å². The van der Waals surface area contributed by atoms with Crippen LogP contribution in [0.3, 0.4) is 0 Å². The molecule has 0 rings (SSSR count). The van der Waals surface area contributed by atoms with Crippen molar-refractivity contribution in [1.29, 1.82) is 0 Å². The van der Waals surface area contributed by atoms with E-state index >= 15 is 0 Å². The molecule has 0 aromatic rings. The average molecular weight is 1050 g/mol. The second-order valence-electron chi connectivity index (χ2n) is 9.68. The average Bonchev–Trinajstić information content (AvgIpc) is 3.22. The van der Waals surface area contributed by atoms with Gasteiger partial charge in [-0.1, -0.05) is 52.9 Å². The first-order chi connectivity index (χ1) is 28.7. The predicted octanol–water partition coefficient (Wildman–Crippen LogP) is 2.16. The molecule has 0 heterocycles. The Morgan fingerprint density at radius 3 is 0.655 bits per heavy atom. The Kier molecular flexibility index (Phi) is 83.9. The van der Waals surface area contributed by atoms with E-state index in [2.05, 4.69) is 57.8 Å². The molecule has 0 spiro atoms. The fourth-order valence-electron chi connectivity index (χ4n) is 3.16. The summed E-state index contributed by atoms with van der Waals surface area (Å²) in [6.07, 6.45) is 0. The maximum absolute atomic E-state index is 9.96. The third-order valence-corrected chi connectivity index (χ3v) is 6.50. The molecule has 0 aliphatic heterocycles. The number of ether oxygens (including phenoxy) is 14. The van der Waals surface area contributed by atoms with Crippen LogP contribution in [0.2, 0.25) is 0 Å². The maximum Gasteiger partial charge on any atom is 1.00 e. The van der Waals surface area contributed by atoms with Crippen molar-refractivity contribution in [2.75, 3.05) is 215 Å². The second-order valence-corrected chi connectivity index (χ2v) is 12.1. The van der Waals surface area contributed by atoms with Crippen molar-refractivity contribution in [3.63, 3.8) is 0 Å². The molecule has 0 aromatic heterocycles. The first kappa shape index (κ1) is 65.0. The molecule has 25 heteroatoms. The molecule has 0 saturated carbocycles. The number of rotatable bonds is 45. The van der Waals surface area contributed by atoms with Gasteiger partial charge in [-0.05, 0) is 5.53 Å². The number of azide groups is 1. The normalized spacial score (nSPS) is 10.4. The number of hydrogen-bond acceptors (Lipinski definition) is 15. The zero-order valence-corrected chi connectivity index (χ0v) is 41.0. The van der Waals surface area contributed by atoms with E-state index in [0.717, 1.165) is 16.0 Å². The fourth-order valence-corrected chi connectivity index (χ4v) is 3.84. The summed E-state index contributed by atoms with van der Waals surface area (Å²) in [6.45, 7) is 16.1. The maximum atomic E-state index is 9.96. The molecule has 0 saturated heterocycles. The van der Waals surface area contributed by atoms with Gasteiger partial charge < -0.3 is 77.4 Å². The molecule has 0 atom stereocenters. The number of nitrogens with zero attached hydrogens (tertiary/aromatic N) is 6. The van der Waals surface area contributed by atoms with Gasteiger partial charge in [0.1, 0.15) is 0 Å². The van der Waals surface area contributed by atoms with Crippen LogP contribution in [0.4, 0.5) is 4.39 Å². The molecular weight excluding hydrogens is 986 g/mol. The van der Waals surface area contributed by atoms with Gasteiger partial charge in [0.25, 0.3) is 0 Å². The SMILES string of the molecule is BrCCOCCOCCOCCOCCOCCOCCOCCBr.[2H]CF.[N-]=[N+]=NCCOCCOCCOCCOCCOCCOCCOCCBr.[N-]=[N+]=[N-].[Na+]. The van der Waals surface area contributed by atoms with Gasteiger partial charge in [0, 0.05) is 27.4 Å². The molecule has 0 radical (unpaired) electrons. The third kappa shape index (κ3) is 80.4. The van der Waals surface area contributed by atoms with Gasteiger partial charge in [-0.25, -0.2) is 0 Å². The second kappa shape index (κ2) is 74.8. The molecule has 0 unspecified atom stereocenters. The largest absolute Gasteiger partial charge is 1.00 e. The van der Waals surface area contributed by atoms with Crippen molar-refractivity contribution in [3.8, 4) is 0 Å². The molecule has 342 valence electrons. The van der Waals surface area contributed by atoms with E-state index in [-0.39, 0.29) is 29.6 Å². The van der Waals surface area contributed by atoms with Crippen molar-refractivity contribution in [2.24, 2.45) is 5.11 Å². The summed E-state index contributed by atoms with van der Waals surface area (Å²) in [6, 6.07) is 0. The van der Waals surface area contributed by atoms with Crippen LogP contribution in [0.5, 0.6) is 0 Å². The Hall–Kier alpha value is 0.430. The Balaban J connectivity index is -0.000000286. The first-order valence-corrected chi connectivity index (χ1v) is 21.6. The van der Waals surface area contributed by atoms with E-state index in [1.54, 1.807) is 0 Å². The van der Waals surface area contributed by atoms with Crippen LogP contribution < -0.4 is 29.6 Å². The van der Waals surface area contributed by atoms with Gasteiger partial charge in [-0.3, -0.25) is 9.30 Å². The van der Waals surface area contributed by atoms with E-state index < -0.39 is 7.15 Å². The first-order valence-electron chi connectivity index (χ1n) is 19.0. The minimum absolute atomic E-state index is 0. The molecule has 0 aliphatic carbocycles. The van der Waals surface area contributed by atoms with Crippen molar-refractivity contribution in [3.05, 3.63) is 26.4 Å². The molecule has 58 heavy (non-hydrogen) atoms. The molecule has 0 aliphatic rings. The van der Waals surface area contributed by atoms with Crippen LogP contribution in [-0.2, 0) is 66.3 Å². The zero-order valence-electron chi connectivity index (χ0n) is 35.2. The van der Waals surface area contributed by atoms with Crippen LogP contribution in [0.1, 0.15) is 1.37 Å². The monoisotopic (exact) mass is 1050 g/mol. The third-order valence-electron chi connectivity index (χ3n) is 5.53. The zero-order chi connectivity index (χ0) is 43.4. The fraction of sp³-hybridized carbons (Fsp3) is 1.00. The summed E-state index contributed by atoms with van der Waals surface area (Å²) in [5.41, 5.74) is 21.6. The van der Waals surface area contributed by atoms with Crippen LogP contribution in [0.25, 0.3) is 26.4 Å². The van der Waals surface area contributed by atoms with E-state index in [4.69, 9.17) is 84.3 Å². The van der Waals surface area contributed by atoms with Gasteiger partial charge in [0.2, 0.25) is 0 Å². The minimum Gasteiger partial charge on any atom is -0.379 e. The van der Waals surface area contributed by atoms with Gasteiger partial charge in [-0.15, -0.1) is 0 Å². The molecule has 0 bridgehead atoms. The van der Waals surface area contributed by atoms with Crippen LogP contribution in [0.15, 0.2) is 5.11 Å². The predicted molar refractivity (Wildman–Crippen MR) is 224 cm³/mol. The van der Waals surface area contributed by atoms with E-state index in [0.29, 0.717) is 192 Å². The standard InChI is InChI=1S/C16H32Br2O7.C16H32BrN3O7.CH3F.N3.Na/c17-1-3-19-5-7-21-9-11-23-13-15-25-16-14-24-12-10-22-8-6-20-4-2-18;17-1-3-21-5-7-23-9-11-25-13-15-27-16-14-26-12-10-24-8-6-22-4-2-19-20-18;1-2;1-3-2;/h1-16H2;1-16H2;1H3;;/q;;;-1;+1/i;;1D;;. The van der Waals surface area contributed by atoms with Gasteiger partial charge in [0.05, 0.1) is 194 Å². The molecular formula is C33H67Br3FN6NaO14. The minimum atomic E-state index is -1.00. The van der Waals surface area contributed by atoms with Gasteiger partial charge in [0.15, 0.2) is 0 Å². The molecule has 0 fully saturated rings. The Morgan fingerprint density at radius 2 is 0.517 bits per heavy atom. The van der Waals surface area contributed by atoms with Crippen LogP contribution in [0, 0.1) is 0 Å². The van der Waals surface area contributed by atoms with Crippen molar-refractivity contribution >= 4 is 47.8 Å². The summed E-state index contributed by atoms with van der Waals surface area (Å²) in [5.74, 6) is 0. The van der Waals surface area contributed by atoms with E-state index in [1.807, 2.05) is 0 Å². The Bertz CT molecular complexity index is 789. The summed E-state index contributed by atoms with van der Waals surface area (Å²) in [4.78, 5) is 4.13. The Morgan fingerprint density at radius 1 is 0.379 bits per heavy atom. The van der Waals surface area contributed by atoms with E-state index in [9.17, 15) is 4.39 Å². The molecule has 20 nitrogen and oxygen atoms in total. The molecule has 0 N–H and O–H groups in total. The van der Waals surface area contributed by atoms with Crippen LogP contribution >= 0.6 is 47.8 Å². The smallest absolute Gasteiger partial charge is 0.379 e. The summed E-state index contributed by atoms with van der Waals surface area (Å²) in [7, 11) is -1.00. The van der Waals surface area contributed by atoms with E-state index in [1.165, 1.54) is 4.91 Å². The summed E-state index contributed by atoms with van der Waals surface area (Å²) < 4.78 is 90.1. The number of alkyl halides is 4. The van der Waals surface area contributed by atoms with Crippen molar-refractivity contribution in [1.82, 2.24) is 0 Å². The van der Waals surface area contributed by atoms with Gasteiger partial charge in [-0.2, -0.15) is 0 Å². The van der Waals surface area contributed by atoms with Crippen molar-refractivity contribution in [2.45, 2.75) is 0 Å². The van der Waals surface area contributed by atoms with Crippen molar-refractivity contribution < 1.29 is 102 Å². The summed E-state index contributed by atoms with van der Waals surface area (Å²) in [5, 5.41) is 5.90. The Labute approximate surface area is 393 Å². The molecule has 0 aromatic carbocycles. The number of hydrogen-bond donors (Lipinski definition) is 0. The van der Waals surface area contributed by atoms with Gasteiger partial charge >= 0.3 is 29.6 Å². The topological polar surface area (TPSA) is 237 Å². The quantitative estimate of drug-likeness (QED) is 0.0212. The molecule has 0 amide bonds.